The first kappa shape index (κ1) is 16.1. The van der Waals surface area contributed by atoms with Crippen LogP contribution < -0.4 is 11.1 Å². The summed E-state index contributed by atoms with van der Waals surface area (Å²) in [5.74, 6) is -1.45. The maximum absolute atomic E-state index is 11.2. The average Bonchev–Trinajstić information content (AvgIpc) is 2.22. The van der Waals surface area contributed by atoms with Crippen LogP contribution in [-0.2, 0) is 23.9 Å². The Hall–Kier alpha value is -1.89. The quantitative estimate of drug-likeness (QED) is 0.275. The Morgan fingerprint density at radius 1 is 1.22 bits per heavy atom. The highest BCUT2D eigenvalue weighted by atomic mass is 16.6. The van der Waals surface area contributed by atoms with Crippen LogP contribution in [0.1, 0.15) is 20.3 Å². The van der Waals surface area contributed by atoms with E-state index in [0.29, 0.717) is 0 Å². The van der Waals surface area contributed by atoms with Crippen molar-refractivity contribution >= 4 is 17.8 Å². The van der Waals surface area contributed by atoms with Gasteiger partial charge in [0.1, 0.15) is 13.2 Å². The van der Waals surface area contributed by atoms with Crippen molar-refractivity contribution in [2.24, 2.45) is 5.73 Å². The number of carbonyl (C=O) groups is 3. The molecule has 3 N–H and O–H groups in total. The molecule has 0 saturated heterocycles. The smallest absolute Gasteiger partial charge is 0.333 e. The van der Waals surface area contributed by atoms with Crippen LogP contribution in [0.3, 0.4) is 0 Å². The molecule has 1 amide bonds. The van der Waals surface area contributed by atoms with Crippen LogP contribution in [0.15, 0.2) is 12.2 Å². The highest BCUT2D eigenvalue weighted by molar-refractivity contribution is 5.86. The van der Waals surface area contributed by atoms with Gasteiger partial charge in [0.25, 0.3) is 0 Å². The summed E-state index contributed by atoms with van der Waals surface area (Å²) in [5, 5.41) is 2.34. The van der Waals surface area contributed by atoms with E-state index in [9.17, 15) is 14.4 Å². The third kappa shape index (κ3) is 8.28. The van der Waals surface area contributed by atoms with Gasteiger partial charge in [0.05, 0.1) is 12.6 Å². The van der Waals surface area contributed by atoms with Crippen molar-refractivity contribution in [2.75, 3.05) is 13.2 Å². The van der Waals surface area contributed by atoms with Gasteiger partial charge in [0.15, 0.2) is 0 Å². The Labute approximate surface area is 105 Å². The zero-order chi connectivity index (χ0) is 14.1. The van der Waals surface area contributed by atoms with E-state index in [4.69, 9.17) is 15.2 Å². The number of ether oxygens (including phenoxy) is 2. The molecule has 0 fully saturated rings. The number of hydrogen-bond donors (Lipinski definition) is 2. The monoisotopic (exact) mass is 258 g/mol. The Morgan fingerprint density at radius 3 is 2.28 bits per heavy atom. The second-order valence-corrected chi connectivity index (χ2v) is 3.65. The summed E-state index contributed by atoms with van der Waals surface area (Å²) in [4.78, 5) is 32.8. The number of carbonyl (C=O) groups excluding carboxylic acids is 3. The summed E-state index contributed by atoms with van der Waals surface area (Å²) in [6.07, 6.45) is -0.929. The Balaban J connectivity index is 3.68. The van der Waals surface area contributed by atoms with Gasteiger partial charge >= 0.3 is 11.9 Å². The summed E-state index contributed by atoms with van der Waals surface area (Å²) in [6, 6.07) is 0. The fourth-order valence-corrected chi connectivity index (χ4v) is 0.964. The highest BCUT2D eigenvalue weighted by Crippen LogP contribution is 1.93. The van der Waals surface area contributed by atoms with E-state index in [-0.39, 0.29) is 31.1 Å². The molecule has 1 atom stereocenters. The van der Waals surface area contributed by atoms with Crippen LogP contribution in [-0.4, -0.2) is 37.2 Å². The van der Waals surface area contributed by atoms with Crippen LogP contribution in [0.4, 0.5) is 0 Å². The third-order valence-corrected chi connectivity index (χ3v) is 1.70. The fourth-order valence-electron chi connectivity index (χ4n) is 0.964. The molecule has 0 radical (unpaired) electrons. The summed E-state index contributed by atoms with van der Waals surface area (Å²) in [6.45, 7) is 6.09. The van der Waals surface area contributed by atoms with Gasteiger partial charge in [-0.05, 0) is 6.92 Å². The Bertz CT molecular complexity index is 340. The maximum atomic E-state index is 11.2. The summed E-state index contributed by atoms with van der Waals surface area (Å²) in [7, 11) is 0. The average molecular weight is 258 g/mol. The molecule has 0 rings (SSSR count). The van der Waals surface area contributed by atoms with E-state index >= 15 is 0 Å². The molecule has 0 saturated carbocycles. The Kier molecular flexibility index (Phi) is 7.37. The molecule has 1 unspecified atom stereocenters. The zero-order valence-corrected chi connectivity index (χ0v) is 10.5. The summed E-state index contributed by atoms with van der Waals surface area (Å²) >= 11 is 0. The number of hydrogen-bond acceptors (Lipinski definition) is 6. The first-order chi connectivity index (χ1) is 8.32. The van der Waals surface area contributed by atoms with Crippen LogP contribution in [0.25, 0.3) is 0 Å². The minimum absolute atomic E-state index is 0.0488. The maximum Gasteiger partial charge on any atom is 0.333 e. The van der Waals surface area contributed by atoms with E-state index in [1.165, 1.54) is 13.8 Å². The van der Waals surface area contributed by atoms with Gasteiger partial charge in [-0.1, -0.05) is 6.58 Å². The van der Waals surface area contributed by atoms with Crippen molar-refractivity contribution < 1.29 is 23.9 Å². The van der Waals surface area contributed by atoms with Crippen molar-refractivity contribution in [1.29, 1.82) is 0 Å². The highest BCUT2D eigenvalue weighted by Gasteiger charge is 2.11. The number of amides is 1. The first-order valence-corrected chi connectivity index (χ1v) is 5.34. The molecule has 0 aliphatic carbocycles. The molecule has 0 heterocycles. The van der Waals surface area contributed by atoms with Crippen molar-refractivity contribution in [3.8, 4) is 0 Å². The molecular weight excluding hydrogens is 240 g/mol. The topological polar surface area (TPSA) is 108 Å². The van der Waals surface area contributed by atoms with Crippen LogP contribution in [0.2, 0.25) is 0 Å². The fraction of sp³-hybridized carbons (Fsp3) is 0.545. The van der Waals surface area contributed by atoms with Gasteiger partial charge in [-0.15, -0.1) is 0 Å². The minimum atomic E-state index is -0.784. The van der Waals surface area contributed by atoms with Crippen molar-refractivity contribution in [3.05, 3.63) is 12.2 Å². The predicted octanol–water partition coefficient (Wildman–Crippen LogP) is -0.540. The molecule has 0 aliphatic rings. The number of rotatable bonds is 7. The molecule has 0 aromatic heterocycles. The van der Waals surface area contributed by atoms with E-state index in [0.717, 1.165) is 0 Å². The largest absolute Gasteiger partial charge is 0.462 e. The van der Waals surface area contributed by atoms with Gasteiger partial charge < -0.3 is 20.5 Å². The Morgan fingerprint density at radius 2 is 1.78 bits per heavy atom. The lowest BCUT2D eigenvalue weighted by molar-refractivity contribution is -0.150. The standard InChI is InChI=1S/C11H18N2O5/c1-7(2)11(16)18-5-4-17-10(15)6-9(12)13-8(3)14/h9H,1,4-6,12H2,2-3H3,(H,13,14). The van der Waals surface area contributed by atoms with E-state index < -0.39 is 18.1 Å². The molecule has 0 aliphatic heterocycles. The minimum Gasteiger partial charge on any atom is -0.462 e. The lowest BCUT2D eigenvalue weighted by atomic mass is 10.3. The SMILES string of the molecule is C=C(C)C(=O)OCCOC(=O)CC(N)NC(C)=O. The predicted molar refractivity (Wildman–Crippen MR) is 63.1 cm³/mol. The van der Waals surface area contributed by atoms with E-state index in [1.54, 1.807) is 0 Å². The van der Waals surface area contributed by atoms with Crippen LogP contribution in [0.5, 0.6) is 0 Å². The summed E-state index contributed by atoms with van der Waals surface area (Å²) < 4.78 is 9.45. The van der Waals surface area contributed by atoms with Gasteiger partial charge in [-0.3, -0.25) is 9.59 Å². The van der Waals surface area contributed by atoms with E-state index in [1.807, 2.05) is 0 Å². The number of esters is 2. The normalized spacial score (nSPS) is 11.3. The molecule has 0 aromatic rings. The lowest BCUT2D eigenvalue weighted by Gasteiger charge is -2.11. The van der Waals surface area contributed by atoms with E-state index in [2.05, 4.69) is 11.9 Å². The number of nitrogens with two attached hydrogens (primary N) is 1. The summed E-state index contributed by atoms with van der Waals surface area (Å²) in [5.41, 5.74) is 5.71. The molecule has 7 nitrogen and oxygen atoms in total. The molecule has 0 bridgehead atoms. The van der Waals surface area contributed by atoms with Crippen molar-refractivity contribution in [3.63, 3.8) is 0 Å². The van der Waals surface area contributed by atoms with Gasteiger partial charge in [-0.2, -0.15) is 0 Å². The molecule has 0 aromatic carbocycles. The number of nitrogens with one attached hydrogen (secondary N) is 1. The molecule has 102 valence electrons. The van der Waals surface area contributed by atoms with Crippen LogP contribution in [0, 0.1) is 0 Å². The van der Waals surface area contributed by atoms with Crippen molar-refractivity contribution in [2.45, 2.75) is 26.4 Å². The van der Waals surface area contributed by atoms with Gasteiger partial charge in [0.2, 0.25) is 5.91 Å². The first-order valence-electron chi connectivity index (χ1n) is 5.34. The second-order valence-electron chi connectivity index (χ2n) is 3.65. The van der Waals surface area contributed by atoms with Gasteiger partial charge in [-0.25, -0.2) is 4.79 Å². The second kappa shape index (κ2) is 8.24. The molecule has 7 heteroatoms. The molecular formula is C11H18N2O5. The van der Waals surface area contributed by atoms with Crippen LogP contribution >= 0.6 is 0 Å². The third-order valence-electron chi connectivity index (χ3n) is 1.70. The van der Waals surface area contributed by atoms with Crippen molar-refractivity contribution in [1.82, 2.24) is 5.32 Å². The van der Waals surface area contributed by atoms with Gasteiger partial charge in [0, 0.05) is 12.5 Å². The zero-order valence-electron chi connectivity index (χ0n) is 10.5. The molecule has 18 heavy (non-hydrogen) atoms. The molecule has 0 spiro atoms. The lowest BCUT2D eigenvalue weighted by Crippen LogP contribution is -2.42.